The molecule has 0 aliphatic carbocycles. The molecule has 2 aromatic carbocycles. The molecule has 0 fully saturated rings. The number of carbonyl (C=O) groups excluding carboxylic acids is 1. The summed E-state index contributed by atoms with van der Waals surface area (Å²) in [6, 6.07) is 6.38. The third-order valence-electron chi connectivity index (χ3n) is 4.47. The monoisotopic (exact) mass is 405 g/mol. The number of likely N-dealkylation sites (N-methyl/N-ethyl adjacent to an activating group) is 1. The highest BCUT2D eigenvalue weighted by atomic mass is 35.5. The fraction of sp³-hybridized carbons (Fsp3) is 0.318. The zero-order chi connectivity index (χ0) is 21.0. The summed E-state index contributed by atoms with van der Waals surface area (Å²) in [6.45, 7) is 7.34. The minimum absolute atomic E-state index is 0.0550. The fourth-order valence-electron chi connectivity index (χ4n) is 2.86. The average molecular weight is 406 g/mol. The van der Waals surface area contributed by atoms with Gasteiger partial charge >= 0.3 is 0 Å². The Morgan fingerprint density at radius 3 is 2.61 bits per heavy atom. The van der Waals surface area contributed by atoms with Gasteiger partial charge in [0.25, 0.3) is 5.91 Å². The molecule has 0 saturated carbocycles. The maximum Gasteiger partial charge on any atom is 0.259 e. The van der Waals surface area contributed by atoms with E-state index in [0.29, 0.717) is 27.5 Å². The van der Waals surface area contributed by atoms with Gasteiger partial charge in [0.1, 0.15) is 17.3 Å². The minimum Gasteiger partial charge on any atom is -0.508 e. The lowest BCUT2D eigenvalue weighted by Gasteiger charge is -2.16. The number of phenols is 1. The van der Waals surface area contributed by atoms with Gasteiger partial charge in [-0.15, -0.1) is 0 Å². The zero-order valence-electron chi connectivity index (χ0n) is 16.6. The summed E-state index contributed by atoms with van der Waals surface area (Å²) in [5.74, 6) is -0.376. The largest absolute Gasteiger partial charge is 0.508 e. The Kier molecular flexibility index (Phi) is 7.08. The van der Waals surface area contributed by atoms with Crippen LogP contribution in [0, 0.1) is 5.82 Å². The second-order valence-electron chi connectivity index (χ2n) is 7.06. The maximum absolute atomic E-state index is 14.9. The number of aromatic hydroxyl groups is 1. The van der Waals surface area contributed by atoms with Crippen molar-refractivity contribution in [1.29, 1.82) is 0 Å². The van der Waals surface area contributed by atoms with Crippen LogP contribution in [0.5, 0.6) is 11.5 Å². The molecule has 0 heterocycles. The smallest absolute Gasteiger partial charge is 0.259 e. The van der Waals surface area contributed by atoms with Gasteiger partial charge in [-0.25, -0.2) is 4.39 Å². The molecular formula is C22H25ClFNO3. The van der Waals surface area contributed by atoms with Gasteiger partial charge in [-0.1, -0.05) is 44.2 Å². The molecule has 6 heteroatoms. The van der Waals surface area contributed by atoms with Gasteiger partial charge in [0.2, 0.25) is 0 Å². The van der Waals surface area contributed by atoms with Crippen LogP contribution in [0.4, 0.5) is 4.39 Å². The first-order chi connectivity index (χ1) is 13.1. The van der Waals surface area contributed by atoms with Crippen LogP contribution in [0.1, 0.15) is 42.0 Å². The molecule has 0 spiro atoms. The Bertz CT molecular complexity index is 894. The number of hydrogen-bond acceptors (Lipinski definition) is 3. The number of hydrogen-bond donors (Lipinski definition) is 1. The van der Waals surface area contributed by atoms with E-state index >= 15 is 0 Å². The third kappa shape index (κ3) is 4.84. The Balaban J connectivity index is 2.36. The van der Waals surface area contributed by atoms with Crippen molar-refractivity contribution in [2.45, 2.75) is 26.2 Å². The van der Waals surface area contributed by atoms with E-state index in [1.54, 1.807) is 38.4 Å². The number of carbonyl (C=O) groups is 1. The Morgan fingerprint density at radius 2 is 2.04 bits per heavy atom. The van der Waals surface area contributed by atoms with Crippen molar-refractivity contribution in [2.75, 3.05) is 20.7 Å². The van der Waals surface area contributed by atoms with E-state index in [9.17, 15) is 14.3 Å². The third-order valence-corrected chi connectivity index (χ3v) is 4.80. The van der Waals surface area contributed by atoms with Crippen molar-refractivity contribution in [3.63, 3.8) is 0 Å². The first-order valence-electron chi connectivity index (χ1n) is 8.93. The van der Waals surface area contributed by atoms with Crippen molar-refractivity contribution >= 4 is 23.6 Å². The number of ether oxygens (including phenoxy) is 1. The lowest BCUT2D eigenvalue weighted by molar-refractivity contribution is -0.130. The summed E-state index contributed by atoms with van der Waals surface area (Å²) in [5.41, 5.74) is 2.11. The van der Waals surface area contributed by atoms with Gasteiger partial charge in [0.15, 0.2) is 6.61 Å². The number of phenolic OH excluding ortho intramolecular Hbond substituents is 1. The molecule has 2 rings (SSSR count). The van der Waals surface area contributed by atoms with Crippen molar-refractivity contribution in [1.82, 2.24) is 4.90 Å². The lowest BCUT2D eigenvalue weighted by atomic mass is 9.93. The van der Waals surface area contributed by atoms with Crippen molar-refractivity contribution in [3.05, 3.63) is 63.9 Å². The predicted molar refractivity (Wildman–Crippen MR) is 111 cm³/mol. The number of halogens is 2. The highest BCUT2D eigenvalue weighted by Crippen LogP contribution is 2.34. The molecule has 0 aliphatic heterocycles. The fourth-order valence-corrected chi connectivity index (χ4v) is 3.15. The molecule has 0 aromatic heterocycles. The second-order valence-corrected chi connectivity index (χ2v) is 7.46. The zero-order valence-corrected chi connectivity index (χ0v) is 17.3. The first-order valence-corrected chi connectivity index (χ1v) is 9.31. The molecule has 0 aliphatic rings. The summed E-state index contributed by atoms with van der Waals surface area (Å²) < 4.78 is 20.4. The topological polar surface area (TPSA) is 49.8 Å². The molecule has 0 unspecified atom stereocenters. The Hall–Kier alpha value is -2.53. The molecule has 2 aromatic rings. The van der Waals surface area contributed by atoms with Crippen LogP contribution in [0.15, 0.2) is 30.8 Å². The van der Waals surface area contributed by atoms with Gasteiger partial charge < -0.3 is 14.7 Å². The van der Waals surface area contributed by atoms with E-state index in [1.165, 1.54) is 11.0 Å². The summed E-state index contributed by atoms with van der Waals surface area (Å²) in [4.78, 5) is 13.1. The van der Waals surface area contributed by atoms with Gasteiger partial charge in [-0.3, -0.25) is 4.79 Å². The van der Waals surface area contributed by atoms with E-state index in [2.05, 4.69) is 6.58 Å². The van der Waals surface area contributed by atoms with Crippen LogP contribution < -0.4 is 4.74 Å². The summed E-state index contributed by atoms with van der Waals surface area (Å²) in [6.07, 6.45) is 1.85. The molecule has 0 saturated heterocycles. The summed E-state index contributed by atoms with van der Waals surface area (Å²) in [7, 11) is 3.29. The number of amides is 1. The summed E-state index contributed by atoms with van der Waals surface area (Å²) >= 11 is 6.43. The minimum atomic E-state index is -0.432. The molecule has 0 bridgehead atoms. The van der Waals surface area contributed by atoms with Crippen LogP contribution >= 0.6 is 11.6 Å². The molecule has 1 amide bonds. The number of nitrogens with zero attached hydrogens (tertiary/aromatic N) is 1. The predicted octanol–water partition coefficient (Wildman–Crippen LogP) is 5.01. The number of rotatable bonds is 7. The molecule has 28 heavy (non-hydrogen) atoms. The highest BCUT2D eigenvalue weighted by Gasteiger charge is 2.18. The van der Waals surface area contributed by atoms with E-state index in [4.69, 9.17) is 16.3 Å². The molecule has 4 nitrogen and oxygen atoms in total. The first kappa shape index (κ1) is 21.8. The Labute approximate surface area is 170 Å². The number of benzene rings is 2. The van der Waals surface area contributed by atoms with Crippen LogP contribution in [-0.4, -0.2) is 36.6 Å². The molecule has 0 radical (unpaired) electrons. The van der Waals surface area contributed by atoms with Crippen LogP contribution in [0.3, 0.4) is 0 Å². The summed E-state index contributed by atoms with van der Waals surface area (Å²) in [5, 5.41) is 10.3. The molecule has 150 valence electrons. The van der Waals surface area contributed by atoms with Crippen molar-refractivity contribution in [3.8, 4) is 11.5 Å². The van der Waals surface area contributed by atoms with E-state index < -0.39 is 5.82 Å². The molecular weight excluding hydrogens is 381 g/mol. The molecule has 1 N–H and O–H groups in total. The van der Waals surface area contributed by atoms with Gasteiger partial charge in [-0.2, -0.15) is 0 Å². The van der Waals surface area contributed by atoms with E-state index in [-0.39, 0.29) is 36.2 Å². The van der Waals surface area contributed by atoms with Crippen molar-refractivity contribution < 1.29 is 19.0 Å². The van der Waals surface area contributed by atoms with Crippen molar-refractivity contribution in [2.24, 2.45) is 0 Å². The standard InChI is InChI=1S/C22H25ClFNO3/c1-6-14-9-16(28-12-20(27)25(4)5)11-18(23)17(14)10-15-7-8-19(26)21(13(2)3)22(15)24/h6-9,11,13,26H,1,10,12H2,2-5H3. The highest BCUT2D eigenvalue weighted by molar-refractivity contribution is 6.31. The van der Waals surface area contributed by atoms with Gasteiger partial charge in [0.05, 0.1) is 0 Å². The SMILES string of the molecule is C=Cc1cc(OCC(=O)N(C)C)cc(Cl)c1Cc1ccc(O)c(C(C)C)c1F. The molecule has 0 atom stereocenters. The van der Waals surface area contributed by atoms with E-state index in [1.807, 2.05) is 13.8 Å². The van der Waals surface area contributed by atoms with Crippen LogP contribution in [0.2, 0.25) is 5.02 Å². The average Bonchev–Trinajstić information content (AvgIpc) is 2.62. The lowest BCUT2D eigenvalue weighted by Crippen LogP contribution is -2.27. The second kappa shape index (κ2) is 9.11. The quantitative estimate of drug-likeness (QED) is 0.704. The maximum atomic E-state index is 14.9. The van der Waals surface area contributed by atoms with Gasteiger partial charge in [-0.05, 0) is 40.8 Å². The van der Waals surface area contributed by atoms with Crippen LogP contribution in [0.25, 0.3) is 6.08 Å². The van der Waals surface area contributed by atoms with Crippen LogP contribution in [-0.2, 0) is 11.2 Å². The Morgan fingerprint density at radius 1 is 1.36 bits per heavy atom. The van der Waals surface area contributed by atoms with Gasteiger partial charge in [0, 0.05) is 31.1 Å². The van der Waals surface area contributed by atoms with E-state index in [0.717, 1.165) is 0 Å². The normalized spacial score (nSPS) is 10.8.